The van der Waals surface area contributed by atoms with E-state index in [1.807, 2.05) is 0 Å². The lowest BCUT2D eigenvalue weighted by atomic mass is 10.0. The molecule has 1 aromatic rings. The zero-order valence-electron chi connectivity index (χ0n) is 11.6. The first-order valence-corrected chi connectivity index (χ1v) is 7.00. The minimum absolute atomic E-state index is 0.0300. The van der Waals surface area contributed by atoms with Crippen molar-refractivity contribution < 1.29 is 8.78 Å². The molecule has 4 heteroatoms. The Balaban J connectivity index is 2.30. The predicted octanol–water partition coefficient (Wildman–Crippen LogP) is 3.23. The van der Waals surface area contributed by atoms with Gasteiger partial charge in [0, 0.05) is 24.7 Å². The fourth-order valence-electron chi connectivity index (χ4n) is 3.22. The Bertz CT molecular complexity index is 436. The van der Waals surface area contributed by atoms with Crippen molar-refractivity contribution in [3.8, 4) is 0 Å². The summed E-state index contributed by atoms with van der Waals surface area (Å²) in [5.41, 5.74) is 6.67. The first kappa shape index (κ1) is 14.4. The Hall–Kier alpha value is -1.00. The van der Waals surface area contributed by atoms with Crippen LogP contribution in [0.25, 0.3) is 0 Å². The fraction of sp³-hybridized carbons (Fsp3) is 0.600. The lowest BCUT2D eigenvalue weighted by Gasteiger charge is -2.35. The van der Waals surface area contributed by atoms with Crippen LogP contribution in [0, 0.1) is 11.6 Å². The van der Waals surface area contributed by atoms with E-state index in [2.05, 4.69) is 18.7 Å². The van der Waals surface area contributed by atoms with E-state index >= 15 is 0 Å². The smallest absolute Gasteiger partial charge is 0.159 e. The summed E-state index contributed by atoms with van der Waals surface area (Å²) in [4.78, 5) is 2.37. The predicted molar refractivity (Wildman–Crippen MR) is 72.8 cm³/mol. The average Bonchev–Trinajstić information content (AvgIpc) is 2.76. The molecule has 1 fully saturated rings. The molecule has 1 aromatic carbocycles. The van der Waals surface area contributed by atoms with Crippen LogP contribution in [-0.4, -0.2) is 23.5 Å². The minimum atomic E-state index is -0.805. The Morgan fingerprint density at radius 2 is 2.05 bits per heavy atom. The van der Waals surface area contributed by atoms with E-state index in [4.69, 9.17) is 5.73 Å². The molecule has 1 saturated heterocycles. The van der Waals surface area contributed by atoms with Gasteiger partial charge in [0.2, 0.25) is 0 Å². The summed E-state index contributed by atoms with van der Waals surface area (Å²) < 4.78 is 26.4. The first-order valence-electron chi connectivity index (χ1n) is 7.00. The number of halogens is 2. The third kappa shape index (κ3) is 2.79. The van der Waals surface area contributed by atoms with Crippen molar-refractivity contribution in [3.05, 3.63) is 35.4 Å². The van der Waals surface area contributed by atoms with E-state index in [0.29, 0.717) is 18.6 Å². The summed E-state index contributed by atoms with van der Waals surface area (Å²) >= 11 is 0. The van der Waals surface area contributed by atoms with Gasteiger partial charge in [0.1, 0.15) is 0 Å². The van der Waals surface area contributed by atoms with E-state index in [9.17, 15) is 8.78 Å². The van der Waals surface area contributed by atoms with Gasteiger partial charge in [-0.05, 0) is 43.9 Å². The van der Waals surface area contributed by atoms with Crippen molar-refractivity contribution in [2.45, 2.75) is 51.2 Å². The molecule has 0 amide bonds. The van der Waals surface area contributed by atoms with Gasteiger partial charge >= 0.3 is 0 Å². The SMILES string of the molecule is CCC1CCC(C)N1C(CN)c1ccc(F)c(F)c1. The second kappa shape index (κ2) is 5.97. The number of hydrogen-bond donors (Lipinski definition) is 1. The fourth-order valence-corrected chi connectivity index (χ4v) is 3.22. The van der Waals surface area contributed by atoms with E-state index in [1.54, 1.807) is 6.07 Å². The molecule has 1 heterocycles. The van der Waals surface area contributed by atoms with Crippen LogP contribution < -0.4 is 5.73 Å². The first-order chi connectivity index (χ1) is 9.08. The van der Waals surface area contributed by atoms with Crippen molar-refractivity contribution in [2.75, 3.05) is 6.54 Å². The molecule has 0 radical (unpaired) electrons. The van der Waals surface area contributed by atoms with Crippen molar-refractivity contribution in [1.82, 2.24) is 4.90 Å². The Labute approximate surface area is 113 Å². The molecule has 0 aromatic heterocycles. The number of rotatable bonds is 4. The molecule has 1 aliphatic rings. The van der Waals surface area contributed by atoms with Gasteiger partial charge in [0.15, 0.2) is 11.6 Å². The average molecular weight is 268 g/mol. The maximum absolute atomic E-state index is 13.4. The van der Waals surface area contributed by atoms with Crippen molar-refractivity contribution in [2.24, 2.45) is 5.73 Å². The molecular formula is C15H22F2N2. The lowest BCUT2D eigenvalue weighted by molar-refractivity contribution is 0.136. The summed E-state index contributed by atoms with van der Waals surface area (Å²) in [7, 11) is 0. The van der Waals surface area contributed by atoms with Crippen LogP contribution in [0.4, 0.5) is 8.78 Å². The summed E-state index contributed by atoms with van der Waals surface area (Å²) in [5, 5.41) is 0. The number of nitrogens with zero attached hydrogens (tertiary/aromatic N) is 1. The molecule has 2 N–H and O–H groups in total. The highest BCUT2D eigenvalue weighted by molar-refractivity contribution is 5.22. The van der Waals surface area contributed by atoms with Gasteiger partial charge in [-0.25, -0.2) is 8.78 Å². The summed E-state index contributed by atoms with van der Waals surface area (Å²) in [6.45, 7) is 4.76. The largest absolute Gasteiger partial charge is 0.329 e. The van der Waals surface area contributed by atoms with Gasteiger partial charge in [0.25, 0.3) is 0 Å². The second-order valence-electron chi connectivity index (χ2n) is 5.36. The molecule has 2 nitrogen and oxygen atoms in total. The monoisotopic (exact) mass is 268 g/mol. The van der Waals surface area contributed by atoms with E-state index in [1.165, 1.54) is 12.1 Å². The molecule has 3 unspecified atom stereocenters. The highest BCUT2D eigenvalue weighted by Gasteiger charge is 2.35. The maximum atomic E-state index is 13.4. The highest BCUT2D eigenvalue weighted by Crippen LogP contribution is 2.34. The van der Waals surface area contributed by atoms with E-state index in [0.717, 1.165) is 24.8 Å². The van der Waals surface area contributed by atoms with Crippen molar-refractivity contribution >= 4 is 0 Å². The van der Waals surface area contributed by atoms with Crippen LogP contribution in [0.15, 0.2) is 18.2 Å². The molecule has 3 atom stereocenters. The standard InChI is InChI=1S/C15H22F2N2/c1-3-12-6-4-10(2)19(12)15(9-18)11-5-7-13(16)14(17)8-11/h5,7-8,10,12,15H,3-4,6,9,18H2,1-2H3. The topological polar surface area (TPSA) is 29.3 Å². The minimum Gasteiger partial charge on any atom is -0.329 e. The molecule has 0 saturated carbocycles. The molecule has 19 heavy (non-hydrogen) atoms. The number of nitrogens with two attached hydrogens (primary N) is 1. The molecule has 0 aliphatic carbocycles. The Morgan fingerprint density at radius 1 is 1.32 bits per heavy atom. The zero-order chi connectivity index (χ0) is 14.0. The van der Waals surface area contributed by atoms with Crippen molar-refractivity contribution in [1.29, 1.82) is 0 Å². The van der Waals surface area contributed by atoms with Crippen LogP contribution >= 0.6 is 0 Å². The molecule has 2 rings (SSSR count). The quantitative estimate of drug-likeness (QED) is 0.908. The molecule has 1 aliphatic heterocycles. The van der Waals surface area contributed by atoms with E-state index in [-0.39, 0.29) is 6.04 Å². The molecule has 106 valence electrons. The molecular weight excluding hydrogens is 246 g/mol. The Morgan fingerprint density at radius 3 is 2.63 bits per heavy atom. The number of benzene rings is 1. The van der Waals surface area contributed by atoms with Crippen LogP contribution in [-0.2, 0) is 0 Å². The second-order valence-corrected chi connectivity index (χ2v) is 5.36. The Kier molecular flexibility index (Phi) is 4.53. The van der Waals surface area contributed by atoms with Gasteiger partial charge in [-0.2, -0.15) is 0 Å². The summed E-state index contributed by atoms with van der Waals surface area (Å²) in [5.74, 6) is -1.60. The third-order valence-corrected chi connectivity index (χ3v) is 4.23. The van der Waals surface area contributed by atoms with Crippen molar-refractivity contribution in [3.63, 3.8) is 0 Å². The van der Waals surface area contributed by atoms with Crippen LogP contribution in [0.2, 0.25) is 0 Å². The summed E-state index contributed by atoms with van der Waals surface area (Å²) in [6.07, 6.45) is 3.35. The molecule has 0 spiro atoms. The van der Waals surface area contributed by atoms with Crippen LogP contribution in [0.5, 0.6) is 0 Å². The number of likely N-dealkylation sites (tertiary alicyclic amines) is 1. The normalized spacial score (nSPS) is 25.7. The molecule has 0 bridgehead atoms. The van der Waals surface area contributed by atoms with Gasteiger partial charge < -0.3 is 5.73 Å². The van der Waals surface area contributed by atoms with Gasteiger partial charge in [-0.3, -0.25) is 4.90 Å². The summed E-state index contributed by atoms with van der Waals surface area (Å²) in [6, 6.07) is 5.01. The maximum Gasteiger partial charge on any atom is 0.159 e. The van der Waals surface area contributed by atoms with Gasteiger partial charge in [-0.15, -0.1) is 0 Å². The van der Waals surface area contributed by atoms with Crippen LogP contribution in [0.3, 0.4) is 0 Å². The zero-order valence-corrected chi connectivity index (χ0v) is 11.6. The van der Waals surface area contributed by atoms with Gasteiger partial charge in [-0.1, -0.05) is 13.0 Å². The number of hydrogen-bond acceptors (Lipinski definition) is 2. The van der Waals surface area contributed by atoms with Crippen LogP contribution in [0.1, 0.15) is 44.7 Å². The van der Waals surface area contributed by atoms with E-state index < -0.39 is 11.6 Å². The lowest BCUT2D eigenvalue weighted by Crippen LogP contribution is -2.41. The highest BCUT2D eigenvalue weighted by atomic mass is 19.2. The third-order valence-electron chi connectivity index (χ3n) is 4.23. The van der Waals surface area contributed by atoms with Gasteiger partial charge in [0.05, 0.1) is 0 Å².